The minimum absolute atomic E-state index is 0.110. The van der Waals surface area contributed by atoms with Crippen LogP contribution in [-0.2, 0) is 20.9 Å². The molecule has 6 heteroatoms. The highest BCUT2D eigenvalue weighted by Gasteiger charge is 2.32. The van der Waals surface area contributed by atoms with Crippen molar-refractivity contribution in [3.8, 4) is 0 Å². The van der Waals surface area contributed by atoms with Gasteiger partial charge in [0.15, 0.2) is 0 Å². The van der Waals surface area contributed by atoms with Crippen molar-refractivity contribution in [2.75, 3.05) is 32.8 Å². The lowest BCUT2D eigenvalue weighted by molar-refractivity contribution is -0.139. The van der Waals surface area contributed by atoms with Crippen molar-refractivity contribution in [1.82, 2.24) is 9.80 Å². The molecule has 2 amide bonds. The van der Waals surface area contributed by atoms with Crippen LogP contribution in [0.3, 0.4) is 0 Å². The fraction of sp³-hybridized carbons (Fsp3) is 0.619. The zero-order chi connectivity index (χ0) is 19.1. The van der Waals surface area contributed by atoms with Crippen molar-refractivity contribution < 1.29 is 19.1 Å². The highest BCUT2D eigenvalue weighted by atomic mass is 16.6. The topological polar surface area (TPSA) is 59.1 Å². The molecule has 0 N–H and O–H groups in total. The summed E-state index contributed by atoms with van der Waals surface area (Å²) in [5.41, 5.74) is 0.974. The lowest BCUT2D eigenvalue weighted by Gasteiger charge is -2.37. The van der Waals surface area contributed by atoms with Crippen LogP contribution in [-0.4, -0.2) is 60.7 Å². The van der Waals surface area contributed by atoms with Crippen LogP contribution < -0.4 is 0 Å². The number of rotatable bonds is 5. The predicted molar refractivity (Wildman–Crippen MR) is 102 cm³/mol. The van der Waals surface area contributed by atoms with Crippen LogP contribution in [0.4, 0.5) is 4.79 Å². The molecule has 0 spiro atoms. The van der Waals surface area contributed by atoms with E-state index in [2.05, 4.69) is 0 Å². The van der Waals surface area contributed by atoms with Gasteiger partial charge in [0.05, 0.1) is 6.10 Å². The molecule has 1 saturated carbocycles. The minimum atomic E-state index is -0.303. The molecule has 3 rings (SSSR count). The van der Waals surface area contributed by atoms with Gasteiger partial charge in [0.25, 0.3) is 0 Å². The number of nitrogens with zero attached hydrogens (tertiary/aromatic N) is 2. The van der Waals surface area contributed by atoms with Crippen LogP contribution in [0.25, 0.3) is 0 Å². The summed E-state index contributed by atoms with van der Waals surface area (Å²) in [6, 6.07) is 9.66. The second-order valence-corrected chi connectivity index (χ2v) is 7.28. The van der Waals surface area contributed by atoms with Crippen LogP contribution in [0, 0.1) is 5.92 Å². The molecule has 0 aromatic heterocycles. The maximum absolute atomic E-state index is 12.8. The average Bonchev–Trinajstić information content (AvgIpc) is 2.73. The molecule has 1 aliphatic carbocycles. The number of amides is 2. The van der Waals surface area contributed by atoms with Crippen molar-refractivity contribution in [3.05, 3.63) is 35.9 Å². The van der Waals surface area contributed by atoms with Gasteiger partial charge in [-0.15, -0.1) is 0 Å². The van der Waals surface area contributed by atoms with Gasteiger partial charge < -0.3 is 19.3 Å². The van der Waals surface area contributed by atoms with Crippen LogP contribution >= 0.6 is 0 Å². The largest absolute Gasteiger partial charge is 0.445 e. The molecule has 2 aliphatic rings. The molecule has 2 fully saturated rings. The first-order chi connectivity index (χ1) is 13.2. The number of hydrogen-bond donors (Lipinski definition) is 0. The van der Waals surface area contributed by atoms with E-state index in [0.29, 0.717) is 32.3 Å². The van der Waals surface area contributed by atoms with Gasteiger partial charge in [-0.3, -0.25) is 4.79 Å². The number of carbonyl (C=O) groups is 2. The Bertz CT molecular complexity index is 606. The molecule has 0 atom stereocenters. The Kier molecular flexibility index (Phi) is 7.10. The summed E-state index contributed by atoms with van der Waals surface area (Å²) >= 11 is 0. The summed E-state index contributed by atoms with van der Waals surface area (Å²) in [4.78, 5) is 28.6. The quantitative estimate of drug-likeness (QED) is 0.795. The summed E-state index contributed by atoms with van der Waals surface area (Å²) in [5, 5.41) is 0. The minimum Gasteiger partial charge on any atom is -0.445 e. The predicted octanol–water partition coefficient (Wildman–Crippen LogP) is 3.06. The second-order valence-electron chi connectivity index (χ2n) is 7.28. The van der Waals surface area contributed by atoms with Gasteiger partial charge >= 0.3 is 6.09 Å². The smallest absolute Gasteiger partial charge is 0.410 e. The van der Waals surface area contributed by atoms with E-state index < -0.39 is 0 Å². The molecule has 1 saturated heterocycles. The third-order valence-corrected chi connectivity index (χ3v) is 5.48. The van der Waals surface area contributed by atoms with Gasteiger partial charge in [-0.2, -0.15) is 0 Å². The third-order valence-electron chi connectivity index (χ3n) is 5.48. The maximum atomic E-state index is 12.8. The van der Waals surface area contributed by atoms with Gasteiger partial charge in [-0.1, -0.05) is 30.3 Å². The zero-order valence-electron chi connectivity index (χ0n) is 16.1. The van der Waals surface area contributed by atoms with Crippen LogP contribution in [0.1, 0.15) is 38.2 Å². The molecule has 0 unspecified atom stereocenters. The van der Waals surface area contributed by atoms with E-state index in [0.717, 1.165) is 37.9 Å². The van der Waals surface area contributed by atoms with Crippen LogP contribution in [0.2, 0.25) is 0 Å². The van der Waals surface area contributed by atoms with Gasteiger partial charge in [-0.25, -0.2) is 4.79 Å². The third kappa shape index (κ3) is 5.45. The van der Waals surface area contributed by atoms with Crippen molar-refractivity contribution in [1.29, 1.82) is 0 Å². The molecular formula is C21H30N2O4. The normalized spacial score (nSPS) is 23.1. The Hall–Kier alpha value is -2.08. The molecular weight excluding hydrogens is 344 g/mol. The molecule has 1 aromatic carbocycles. The lowest BCUT2D eigenvalue weighted by Crippen LogP contribution is -2.52. The standard InChI is InChI=1S/C21H30N2O4/c1-2-26-19-10-8-18(9-11-19)20(24)22-12-14-23(15-13-22)21(25)27-16-17-6-4-3-5-7-17/h3-7,18-19H,2,8-16H2,1H3/t18-,19-. The number of hydrogen-bond acceptors (Lipinski definition) is 4. The van der Waals surface area contributed by atoms with Crippen LogP contribution in [0.15, 0.2) is 30.3 Å². The Balaban J connectivity index is 1.39. The van der Waals surface area contributed by atoms with Crippen molar-refractivity contribution in [2.45, 2.75) is 45.3 Å². The van der Waals surface area contributed by atoms with Crippen LogP contribution in [0.5, 0.6) is 0 Å². The van der Waals surface area contributed by atoms with Crippen molar-refractivity contribution in [3.63, 3.8) is 0 Å². The first-order valence-corrected chi connectivity index (χ1v) is 10.0. The van der Waals surface area contributed by atoms with E-state index in [1.807, 2.05) is 42.2 Å². The van der Waals surface area contributed by atoms with Gasteiger partial charge in [0.2, 0.25) is 5.91 Å². The Labute approximate surface area is 161 Å². The number of benzene rings is 1. The second kappa shape index (κ2) is 9.74. The van der Waals surface area contributed by atoms with Gasteiger partial charge in [-0.05, 0) is 38.2 Å². The van der Waals surface area contributed by atoms with E-state index in [1.165, 1.54) is 0 Å². The summed E-state index contributed by atoms with van der Waals surface area (Å²) in [6.07, 6.45) is 3.76. The van der Waals surface area contributed by atoms with E-state index in [9.17, 15) is 9.59 Å². The SMILES string of the molecule is CCO[C@H]1CC[C@H](C(=O)N2CCN(C(=O)OCc3ccccc3)CC2)CC1. The van der Waals surface area contributed by atoms with E-state index in [1.54, 1.807) is 4.90 Å². The molecule has 1 heterocycles. The van der Waals surface area contributed by atoms with Gasteiger partial charge in [0.1, 0.15) is 6.61 Å². The molecule has 27 heavy (non-hydrogen) atoms. The van der Waals surface area contributed by atoms with E-state index in [-0.39, 0.29) is 24.5 Å². The Morgan fingerprint density at radius 3 is 2.22 bits per heavy atom. The highest BCUT2D eigenvalue weighted by Crippen LogP contribution is 2.28. The van der Waals surface area contributed by atoms with Crippen molar-refractivity contribution in [2.24, 2.45) is 5.92 Å². The Morgan fingerprint density at radius 2 is 1.59 bits per heavy atom. The van der Waals surface area contributed by atoms with E-state index in [4.69, 9.17) is 9.47 Å². The first-order valence-electron chi connectivity index (χ1n) is 10.0. The molecule has 0 radical (unpaired) electrons. The van der Waals surface area contributed by atoms with E-state index >= 15 is 0 Å². The zero-order valence-corrected chi connectivity index (χ0v) is 16.1. The Morgan fingerprint density at radius 1 is 0.963 bits per heavy atom. The molecule has 1 aromatic rings. The molecule has 6 nitrogen and oxygen atoms in total. The fourth-order valence-corrected chi connectivity index (χ4v) is 3.89. The molecule has 0 bridgehead atoms. The summed E-state index contributed by atoms with van der Waals surface area (Å²) in [6.45, 7) is 5.28. The average molecular weight is 374 g/mol. The summed E-state index contributed by atoms with van der Waals surface area (Å²) in [5.74, 6) is 0.348. The number of carbonyl (C=O) groups excluding carboxylic acids is 2. The number of ether oxygens (including phenoxy) is 2. The van der Waals surface area contributed by atoms with Gasteiger partial charge in [0, 0.05) is 38.7 Å². The van der Waals surface area contributed by atoms with Crippen molar-refractivity contribution >= 4 is 12.0 Å². The monoisotopic (exact) mass is 374 g/mol. The summed E-state index contributed by atoms with van der Waals surface area (Å²) < 4.78 is 11.1. The fourth-order valence-electron chi connectivity index (χ4n) is 3.89. The first kappa shape index (κ1) is 19.7. The molecule has 148 valence electrons. The highest BCUT2D eigenvalue weighted by molar-refractivity contribution is 5.79. The number of piperazine rings is 1. The lowest BCUT2D eigenvalue weighted by atomic mass is 9.86. The maximum Gasteiger partial charge on any atom is 0.410 e. The molecule has 1 aliphatic heterocycles. The summed E-state index contributed by atoms with van der Waals surface area (Å²) in [7, 11) is 0.